The molecule has 0 fully saturated rings. The van der Waals surface area contributed by atoms with Crippen LogP contribution in [0.25, 0.3) is 0 Å². The van der Waals surface area contributed by atoms with Gasteiger partial charge in [-0.25, -0.2) is 4.98 Å². The number of Topliss-reactive ketones (excluding diaryl/α,β-unsaturated/α-hetero) is 1. The molecule has 0 bridgehead atoms. The first-order chi connectivity index (χ1) is 15.3. The van der Waals surface area contributed by atoms with Gasteiger partial charge in [-0.15, -0.1) is 0 Å². The van der Waals surface area contributed by atoms with Crippen LogP contribution in [-0.2, 0) is 11.2 Å². The van der Waals surface area contributed by atoms with E-state index in [0.717, 1.165) is 12.0 Å². The fourth-order valence-electron chi connectivity index (χ4n) is 3.87. The molecule has 0 N–H and O–H groups in total. The average molecular weight is 427 g/mol. The maximum Gasteiger partial charge on any atom is 0.214 e. The second-order valence-corrected chi connectivity index (χ2v) is 8.92. The van der Waals surface area contributed by atoms with Gasteiger partial charge in [0, 0.05) is 18.7 Å². The lowest BCUT2D eigenvalue weighted by Gasteiger charge is -2.29. The normalized spacial score (nSPS) is 13.1. The van der Waals surface area contributed by atoms with Crippen LogP contribution in [0.4, 0.5) is 0 Å². The summed E-state index contributed by atoms with van der Waals surface area (Å²) >= 11 is 0. The van der Waals surface area contributed by atoms with Gasteiger partial charge in [0.25, 0.3) is 0 Å². The number of aryl methyl sites for hydroxylation is 1. The topological polar surface area (TPSA) is 63.0 Å². The number of carbonyl (C=O) groups excluding carboxylic acids is 1. The molecule has 164 valence electrons. The van der Waals surface area contributed by atoms with Gasteiger partial charge in [0.2, 0.25) is 5.88 Å². The summed E-state index contributed by atoms with van der Waals surface area (Å²) in [6, 6.07) is 23.9. The number of nitriles is 1. The first-order valence-corrected chi connectivity index (χ1v) is 11.0. The average Bonchev–Trinajstić information content (AvgIpc) is 2.79. The van der Waals surface area contributed by atoms with E-state index in [1.54, 1.807) is 26.1 Å². The number of ketones is 1. The minimum absolute atomic E-state index is 0.0287. The SMILES string of the molecule is Cc1ccc(CC(c2cccc(C#N)c2)C(C)CC(=O)C(C)(C)Oc2ccccn2)cc1. The number of hydrogen-bond donors (Lipinski definition) is 0. The Hall–Kier alpha value is -3.45. The van der Waals surface area contributed by atoms with E-state index >= 15 is 0 Å². The Morgan fingerprint density at radius 3 is 2.50 bits per heavy atom. The molecular weight excluding hydrogens is 396 g/mol. The van der Waals surface area contributed by atoms with Crippen molar-refractivity contribution in [1.82, 2.24) is 4.98 Å². The van der Waals surface area contributed by atoms with Gasteiger partial charge in [-0.2, -0.15) is 5.26 Å². The Kier molecular flexibility index (Phi) is 7.43. The lowest BCUT2D eigenvalue weighted by atomic mass is 9.78. The van der Waals surface area contributed by atoms with Gasteiger partial charge in [0.05, 0.1) is 11.6 Å². The first-order valence-electron chi connectivity index (χ1n) is 11.0. The quantitative estimate of drug-likeness (QED) is 0.418. The van der Waals surface area contributed by atoms with Gasteiger partial charge in [-0.3, -0.25) is 4.79 Å². The zero-order chi connectivity index (χ0) is 23.1. The first kappa shape index (κ1) is 23.2. The third kappa shape index (κ3) is 6.04. The summed E-state index contributed by atoms with van der Waals surface area (Å²) in [4.78, 5) is 17.4. The number of aromatic nitrogens is 1. The lowest BCUT2D eigenvalue weighted by molar-refractivity contribution is -0.133. The Morgan fingerprint density at radius 2 is 1.84 bits per heavy atom. The smallest absolute Gasteiger partial charge is 0.214 e. The molecular formula is C28H30N2O2. The van der Waals surface area contributed by atoms with Gasteiger partial charge >= 0.3 is 0 Å². The number of ether oxygens (including phenoxy) is 1. The van der Waals surface area contributed by atoms with E-state index in [2.05, 4.69) is 55.2 Å². The molecule has 2 unspecified atom stereocenters. The summed E-state index contributed by atoms with van der Waals surface area (Å²) in [6.45, 7) is 7.76. The maximum atomic E-state index is 13.2. The van der Waals surface area contributed by atoms with Crippen LogP contribution in [0.2, 0.25) is 0 Å². The Balaban J connectivity index is 1.82. The van der Waals surface area contributed by atoms with E-state index < -0.39 is 5.60 Å². The fourth-order valence-corrected chi connectivity index (χ4v) is 3.87. The summed E-state index contributed by atoms with van der Waals surface area (Å²) in [5.74, 6) is 0.627. The predicted octanol–water partition coefficient (Wildman–Crippen LogP) is 6.04. The van der Waals surface area contributed by atoms with E-state index in [1.807, 2.05) is 30.3 Å². The largest absolute Gasteiger partial charge is 0.464 e. The van der Waals surface area contributed by atoms with E-state index in [0.29, 0.717) is 17.9 Å². The van der Waals surface area contributed by atoms with Crippen LogP contribution in [0.15, 0.2) is 72.9 Å². The second kappa shape index (κ2) is 10.2. The number of carbonyl (C=O) groups is 1. The zero-order valence-electron chi connectivity index (χ0n) is 19.2. The summed E-state index contributed by atoms with van der Waals surface area (Å²) in [7, 11) is 0. The summed E-state index contributed by atoms with van der Waals surface area (Å²) in [5, 5.41) is 9.37. The van der Waals surface area contributed by atoms with Crippen molar-refractivity contribution in [2.75, 3.05) is 0 Å². The second-order valence-electron chi connectivity index (χ2n) is 8.92. The molecule has 3 aromatic rings. The van der Waals surface area contributed by atoms with Crippen LogP contribution in [0.5, 0.6) is 5.88 Å². The van der Waals surface area contributed by atoms with Gasteiger partial charge in [0.15, 0.2) is 11.4 Å². The molecule has 0 amide bonds. The van der Waals surface area contributed by atoms with Crippen LogP contribution in [0.1, 0.15) is 55.4 Å². The minimum atomic E-state index is -0.981. The molecule has 0 aliphatic carbocycles. The van der Waals surface area contributed by atoms with E-state index in [9.17, 15) is 10.1 Å². The Morgan fingerprint density at radius 1 is 1.09 bits per heavy atom. The van der Waals surface area contributed by atoms with Gasteiger partial charge in [-0.05, 0) is 68.4 Å². The molecule has 0 aliphatic heterocycles. The van der Waals surface area contributed by atoms with Crippen LogP contribution < -0.4 is 4.74 Å². The lowest BCUT2D eigenvalue weighted by Crippen LogP contribution is -2.39. The third-order valence-corrected chi connectivity index (χ3v) is 5.88. The highest BCUT2D eigenvalue weighted by Gasteiger charge is 2.33. The number of pyridine rings is 1. The highest BCUT2D eigenvalue weighted by atomic mass is 16.5. The molecule has 2 atom stereocenters. The Bertz CT molecular complexity index is 1080. The Labute approximate surface area is 190 Å². The van der Waals surface area contributed by atoms with Gasteiger partial charge in [-0.1, -0.05) is 55.0 Å². The molecule has 2 aromatic carbocycles. The van der Waals surface area contributed by atoms with Crippen LogP contribution >= 0.6 is 0 Å². The van der Waals surface area contributed by atoms with Crippen molar-refractivity contribution in [3.8, 4) is 11.9 Å². The highest BCUT2D eigenvalue weighted by Crippen LogP contribution is 2.33. The highest BCUT2D eigenvalue weighted by molar-refractivity contribution is 5.87. The van der Waals surface area contributed by atoms with E-state index in [4.69, 9.17) is 4.74 Å². The van der Waals surface area contributed by atoms with Gasteiger partial charge in [0.1, 0.15) is 0 Å². The molecule has 0 aliphatic rings. The molecule has 1 aromatic heterocycles. The van der Waals surface area contributed by atoms with Crippen molar-refractivity contribution in [1.29, 1.82) is 5.26 Å². The number of nitrogens with zero attached hydrogens (tertiary/aromatic N) is 2. The maximum absolute atomic E-state index is 13.2. The van der Waals surface area contributed by atoms with E-state index in [-0.39, 0.29) is 17.6 Å². The number of benzene rings is 2. The van der Waals surface area contributed by atoms with Crippen molar-refractivity contribution < 1.29 is 9.53 Å². The van der Waals surface area contributed by atoms with Crippen LogP contribution in [-0.4, -0.2) is 16.4 Å². The van der Waals surface area contributed by atoms with Crippen molar-refractivity contribution in [3.63, 3.8) is 0 Å². The summed E-state index contributed by atoms with van der Waals surface area (Å²) in [5.41, 5.74) is 3.16. The van der Waals surface area contributed by atoms with Crippen molar-refractivity contribution >= 4 is 5.78 Å². The molecule has 4 heteroatoms. The van der Waals surface area contributed by atoms with Crippen LogP contribution in [0.3, 0.4) is 0 Å². The number of rotatable bonds is 9. The molecule has 4 nitrogen and oxygen atoms in total. The minimum Gasteiger partial charge on any atom is -0.464 e. The molecule has 1 heterocycles. The molecule has 0 spiro atoms. The summed E-state index contributed by atoms with van der Waals surface area (Å²) in [6.07, 6.45) is 2.82. The standard InChI is InChI=1S/C28H30N2O2/c1-20-11-13-22(14-12-20)18-25(24-9-7-8-23(17-24)19-29)21(2)16-26(31)28(3,4)32-27-10-5-6-15-30-27/h5-15,17,21,25H,16,18H2,1-4H3. The third-order valence-electron chi connectivity index (χ3n) is 5.88. The molecule has 32 heavy (non-hydrogen) atoms. The molecule has 0 saturated heterocycles. The van der Waals surface area contributed by atoms with Crippen molar-refractivity contribution in [2.24, 2.45) is 5.92 Å². The van der Waals surface area contributed by atoms with Crippen LogP contribution in [0, 0.1) is 24.2 Å². The van der Waals surface area contributed by atoms with Crippen molar-refractivity contribution in [3.05, 3.63) is 95.2 Å². The zero-order valence-corrected chi connectivity index (χ0v) is 19.2. The summed E-state index contributed by atoms with van der Waals surface area (Å²) < 4.78 is 5.91. The molecule has 0 radical (unpaired) electrons. The molecule has 3 rings (SSSR count). The molecule has 0 saturated carbocycles. The predicted molar refractivity (Wildman–Crippen MR) is 127 cm³/mol. The fraction of sp³-hybridized carbons (Fsp3) is 0.321. The van der Waals surface area contributed by atoms with Crippen molar-refractivity contribution in [2.45, 2.75) is 52.1 Å². The monoisotopic (exact) mass is 426 g/mol. The number of hydrogen-bond acceptors (Lipinski definition) is 4. The van der Waals surface area contributed by atoms with Gasteiger partial charge < -0.3 is 4.74 Å². The van der Waals surface area contributed by atoms with E-state index in [1.165, 1.54) is 11.1 Å².